The number of hydrogen-bond donors (Lipinski definition) is 2. The number of aliphatic carboxylic acids is 1. The Kier molecular flexibility index (Phi) is 6.44. The first kappa shape index (κ1) is 21.9. The van der Waals surface area contributed by atoms with Gasteiger partial charge < -0.3 is 20.1 Å². The molecule has 0 saturated carbocycles. The van der Waals surface area contributed by atoms with E-state index in [1.807, 2.05) is 24.3 Å². The van der Waals surface area contributed by atoms with Gasteiger partial charge in [-0.15, -0.1) is 0 Å². The molecule has 0 aromatic heterocycles. The van der Waals surface area contributed by atoms with Crippen LogP contribution in [-0.4, -0.2) is 53.2 Å². The molecule has 7 heteroatoms. The largest absolute Gasteiger partial charge is 0.480 e. The van der Waals surface area contributed by atoms with E-state index in [9.17, 15) is 19.5 Å². The minimum atomic E-state index is -0.977. The van der Waals surface area contributed by atoms with Crippen LogP contribution < -0.4 is 5.32 Å². The Bertz CT molecular complexity index is 975. The van der Waals surface area contributed by atoms with Gasteiger partial charge in [0.2, 0.25) is 5.91 Å². The van der Waals surface area contributed by atoms with Gasteiger partial charge in [0, 0.05) is 24.9 Å². The zero-order valence-corrected chi connectivity index (χ0v) is 18.1. The molecule has 1 aliphatic heterocycles. The summed E-state index contributed by atoms with van der Waals surface area (Å²) >= 11 is 0. The molecule has 0 bridgehead atoms. The predicted molar refractivity (Wildman–Crippen MR) is 119 cm³/mol. The van der Waals surface area contributed by atoms with E-state index in [-0.39, 0.29) is 24.9 Å². The monoisotopic (exact) mass is 436 g/mol. The first-order valence-electron chi connectivity index (χ1n) is 11.1. The van der Waals surface area contributed by atoms with Gasteiger partial charge in [-0.1, -0.05) is 48.5 Å². The highest BCUT2D eigenvalue weighted by Crippen LogP contribution is 2.44. The summed E-state index contributed by atoms with van der Waals surface area (Å²) in [6, 6.07) is 15.0. The Hall–Kier alpha value is -3.35. The second-order valence-electron chi connectivity index (χ2n) is 8.51. The van der Waals surface area contributed by atoms with Gasteiger partial charge in [0.15, 0.2) is 0 Å². The molecule has 32 heavy (non-hydrogen) atoms. The van der Waals surface area contributed by atoms with Crippen molar-refractivity contribution in [1.29, 1.82) is 0 Å². The van der Waals surface area contributed by atoms with E-state index >= 15 is 0 Å². The third-order valence-electron chi connectivity index (χ3n) is 6.30. The molecule has 1 heterocycles. The molecule has 0 radical (unpaired) electrons. The fraction of sp³-hybridized carbons (Fsp3) is 0.400. The quantitative estimate of drug-likeness (QED) is 0.719. The van der Waals surface area contributed by atoms with E-state index in [0.717, 1.165) is 35.1 Å². The van der Waals surface area contributed by atoms with E-state index in [0.29, 0.717) is 13.0 Å². The fourth-order valence-corrected chi connectivity index (χ4v) is 4.76. The molecule has 1 fully saturated rings. The Labute approximate surface area is 187 Å². The van der Waals surface area contributed by atoms with Gasteiger partial charge in [-0.25, -0.2) is 9.59 Å². The van der Waals surface area contributed by atoms with Gasteiger partial charge >= 0.3 is 12.1 Å². The molecule has 4 rings (SSSR count). The molecule has 1 saturated heterocycles. The molecule has 2 N–H and O–H groups in total. The Morgan fingerprint density at radius 1 is 1.06 bits per heavy atom. The lowest BCUT2D eigenvalue weighted by Crippen LogP contribution is -2.49. The molecule has 1 unspecified atom stereocenters. The summed E-state index contributed by atoms with van der Waals surface area (Å²) in [4.78, 5) is 37.9. The first-order chi connectivity index (χ1) is 15.5. The summed E-state index contributed by atoms with van der Waals surface area (Å²) in [6.07, 6.45) is 1.52. The Morgan fingerprint density at radius 2 is 1.69 bits per heavy atom. The van der Waals surface area contributed by atoms with Crippen LogP contribution in [0.5, 0.6) is 0 Å². The number of piperidine rings is 1. The smallest absolute Gasteiger partial charge is 0.407 e. The van der Waals surface area contributed by atoms with Crippen molar-refractivity contribution >= 4 is 18.0 Å². The van der Waals surface area contributed by atoms with Crippen LogP contribution in [0, 0.1) is 0 Å². The highest BCUT2D eigenvalue weighted by Gasteiger charge is 2.33. The number of likely N-dealkylation sites (tertiary alicyclic amines) is 1. The molecule has 168 valence electrons. The molecule has 2 amide bonds. The fourth-order valence-electron chi connectivity index (χ4n) is 4.76. The molecule has 2 aromatic rings. The lowest BCUT2D eigenvalue weighted by Gasteiger charge is -2.33. The van der Waals surface area contributed by atoms with Crippen molar-refractivity contribution in [2.24, 2.45) is 0 Å². The number of fused-ring (bicyclic) bond motifs is 3. The normalized spacial score (nSPS) is 18.4. The van der Waals surface area contributed by atoms with E-state index in [4.69, 9.17) is 4.74 Å². The van der Waals surface area contributed by atoms with Gasteiger partial charge in [-0.05, 0) is 48.4 Å². The van der Waals surface area contributed by atoms with Crippen molar-refractivity contribution in [2.45, 2.75) is 50.6 Å². The Balaban J connectivity index is 1.32. The number of nitrogens with one attached hydrogen (secondary N) is 1. The molecule has 0 spiro atoms. The van der Waals surface area contributed by atoms with E-state index in [2.05, 4.69) is 29.6 Å². The second-order valence-corrected chi connectivity index (χ2v) is 8.51. The number of carboxylic acids is 1. The molecule has 2 aliphatic rings. The molecule has 1 aliphatic carbocycles. The predicted octanol–water partition coefficient (Wildman–Crippen LogP) is 3.77. The second kappa shape index (κ2) is 9.42. The summed E-state index contributed by atoms with van der Waals surface area (Å²) in [6.45, 7) is 2.36. The van der Waals surface area contributed by atoms with Gasteiger partial charge in [0.25, 0.3) is 0 Å². The molecular formula is C25H28N2O5. The molecule has 2 atom stereocenters. The summed E-state index contributed by atoms with van der Waals surface area (Å²) in [5.41, 5.74) is 4.58. The van der Waals surface area contributed by atoms with E-state index in [1.54, 1.807) is 6.92 Å². The number of carbonyl (C=O) groups excluding carboxylic acids is 2. The maximum atomic E-state index is 12.6. The van der Waals surface area contributed by atoms with Gasteiger partial charge in [0.1, 0.15) is 12.6 Å². The van der Waals surface area contributed by atoms with Gasteiger partial charge in [-0.2, -0.15) is 0 Å². The van der Waals surface area contributed by atoms with E-state index < -0.39 is 24.1 Å². The lowest BCUT2D eigenvalue weighted by atomic mass is 9.98. The van der Waals surface area contributed by atoms with Crippen molar-refractivity contribution in [3.63, 3.8) is 0 Å². The number of nitrogens with zero attached hydrogens (tertiary/aromatic N) is 1. The maximum Gasteiger partial charge on any atom is 0.407 e. The number of benzene rings is 2. The van der Waals surface area contributed by atoms with Crippen LogP contribution in [0.1, 0.15) is 49.7 Å². The molecule has 7 nitrogen and oxygen atoms in total. The highest BCUT2D eigenvalue weighted by atomic mass is 16.5. The zero-order valence-electron chi connectivity index (χ0n) is 18.1. The third-order valence-corrected chi connectivity index (χ3v) is 6.30. The number of rotatable bonds is 6. The number of amides is 2. The lowest BCUT2D eigenvalue weighted by molar-refractivity contribution is -0.152. The third kappa shape index (κ3) is 4.47. The number of alkyl carbamates (subject to hydrolysis) is 1. The average Bonchev–Trinajstić information content (AvgIpc) is 3.11. The van der Waals surface area contributed by atoms with Gasteiger partial charge in [0.05, 0.1) is 0 Å². The van der Waals surface area contributed by atoms with Crippen LogP contribution in [-0.2, 0) is 14.3 Å². The molecular weight excluding hydrogens is 408 g/mol. The van der Waals surface area contributed by atoms with Crippen molar-refractivity contribution in [1.82, 2.24) is 10.2 Å². The number of carboxylic acid groups (broad SMARTS) is 1. The van der Waals surface area contributed by atoms with Crippen molar-refractivity contribution < 1.29 is 24.2 Å². The zero-order chi connectivity index (χ0) is 22.7. The highest BCUT2D eigenvalue weighted by molar-refractivity contribution is 5.84. The van der Waals surface area contributed by atoms with Crippen LogP contribution >= 0.6 is 0 Å². The number of carbonyl (C=O) groups is 3. The summed E-state index contributed by atoms with van der Waals surface area (Å²) in [5, 5.41) is 12.1. The topological polar surface area (TPSA) is 95.9 Å². The summed E-state index contributed by atoms with van der Waals surface area (Å²) in [5.74, 6) is -1.27. The van der Waals surface area contributed by atoms with Crippen molar-refractivity contribution in [3.8, 4) is 11.1 Å². The minimum Gasteiger partial charge on any atom is -0.480 e. The number of ether oxygens (including phenoxy) is 1. The number of hydrogen-bond acceptors (Lipinski definition) is 4. The Morgan fingerprint density at radius 3 is 2.31 bits per heavy atom. The minimum absolute atomic E-state index is 0.0326. The average molecular weight is 437 g/mol. The summed E-state index contributed by atoms with van der Waals surface area (Å²) in [7, 11) is 0. The van der Waals surface area contributed by atoms with Crippen LogP contribution in [0.15, 0.2) is 48.5 Å². The standard InChI is InChI=1S/C25H28N2O5/c1-16(14-23(28)27-13-7-6-12-22(27)24(29)30)26-25(31)32-15-21-19-10-4-2-8-17(19)18-9-3-5-11-20(18)21/h2-5,8-11,16,21-22H,6-7,12-15H2,1H3,(H,26,31)(H,29,30)/t16-,22?/m0/s1. The SMILES string of the molecule is C[C@@H](CC(=O)N1CCCCC1C(=O)O)NC(=O)OCC1c2ccccc2-c2ccccc21. The first-order valence-corrected chi connectivity index (χ1v) is 11.1. The van der Waals surface area contributed by atoms with Crippen LogP contribution in [0.4, 0.5) is 4.79 Å². The van der Waals surface area contributed by atoms with Crippen LogP contribution in [0.25, 0.3) is 11.1 Å². The van der Waals surface area contributed by atoms with Crippen LogP contribution in [0.3, 0.4) is 0 Å². The van der Waals surface area contributed by atoms with Crippen molar-refractivity contribution in [2.75, 3.05) is 13.2 Å². The van der Waals surface area contributed by atoms with Gasteiger partial charge in [-0.3, -0.25) is 4.79 Å². The van der Waals surface area contributed by atoms with E-state index in [1.165, 1.54) is 4.90 Å². The maximum absolute atomic E-state index is 12.6. The van der Waals surface area contributed by atoms with Crippen LogP contribution in [0.2, 0.25) is 0 Å². The molecule has 2 aromatic carbocycles. The summed E-state index contributed by atoms with van der Waals surface area (Å²) < 4.78 is 5.53. The van der Waals surface area contributed by atoms with Crippen molar-refractivity contribution in [3.05, 3.63) is 59.7 Å².